The minimum Gasteiger partial charge on any atom is -0.396 e. The second kappa shape index (κ2) is 6.05. The van der Waals surface area contributed by atoms with E-state index in [9.17, 15) is 4.79 Å². The van der Waals surface area contributed by atoms with Crippen molar-refractivity contribution in [2.45, 2.75) is 6.92 Å². The molecule has 1 aromatic carbocycles. The molecule has 0 spiro atoms. The van der Waals surface area contributed by atoms with Gasteiger partial charge in [0.05, 0.1) is 0 Å². The number of nitrogens with one attached hydrogen (secondary N) is 2. The molecule has 0 aliphatic heterocycles. The van der Waals surface area contributed by atoms with E-state index in [1.54, 1.807) is 24.3 Å². The van der Waals surface area contributed by atoms with Crippen LogP contribution in [0.5, 0.6) is 0 Å². The van der Waals surface area contributed by atoms with E-state index >= 15 is 0 Å². The van der Waals surface area contributed by atoms with Crippen molar-refractivity contribution in [1.82, 2.24) is 25.9 Å². The molecule has 1 amide bonds. The lowest BCUT2D eigenvalue weighted by Gasteiger charge is -2.09. The number of benzene rings is 1. The topological polar surface area (TPSA) is 104 Å². The normalized spacial score (nSPS) is 12.1. The zero-order valence-corrected chi connectivity index (χ0v) is 10.5. The van der Waals surface area contributed by atoms with Crippen molar-refractivity contribution in [3.05, 3.63) is 29.8 Å². The predicted octanol–water partition coefficient (Wildman–Crippen LogP) is 0.225. The third-order valence-corrected chi connectivity index (χ3v) is 2.65. The van der Waals surface area contributed by atoms with Gasteiger partial charge < -0.3 is 10.4 Å². The molecule has 1 heterocycles. The summed E-state index contributed by atoms with van der Waals surface area (Å²) in [6.45, 7) is 2.33. The first-order valence-corrected chi connectivity index (χ1v) is 5.93. The first-order chi connectivity index (χ1) is 9.20. The number of tetrazole rings is 1. The average molecular weight is 261 g/mol. The standard InChI is InChI=1S/C12H15N5O2/c1-8(7-18)6-13-12(19)10-4-2-3-9(5-10)11-14-16-17-15-11/h2-5,8,18H,6-7H2,1H3,(H,13,19)(H,14,15,16,17). The van der Waals surface area contributed by atoms with Crippen molar-refractivity contribution in [2.75, 3.05) is 13.2 Å². The van der Waals surface area contributed by atoms with Gasteiger partial charge in [0.2, 0.25) is 5.82 Å². The highest BCUT2D eigenvalue weighted by molar-refractivity contribution is 5.95. The summed E-state index contributed by atoms with van der Waals surface area (Å²) in [6, 6.07) is 6.97. The third-order valence-electron chi connectivity index (χ3n) is 2.65. The van der Waals surface area contributed by atoms with Crippen LogP contribution in [0.25, 0.3) is 11.4 Å². The third kappa shape index (κ3) is 3.35. The molecule has 0 radical (unpaired) electrons. The molecule has 0 saturated carbocycles. The molecule has 100 valence electrons. The van der Waals surface area contributed by atoms with Gasteiger partial charge in [0, 0.05) is 24.3 Å². The van der Waals surface area contributed by atoms with Crippen LogP contribution in [0.2, 0.25) is 0 Å². The highest BCUT2D eigenvalue weighted by Crippen LogP contribution is 2.14. The minimum absolute atomic E-state index is 0.0318. The van der Waals surface area contributed by atoms with Crippen molar-refractivity contribution >= 4 is 5.91 Å². The maximum absolute atomic E-state index is 11.9. The molecule has 7 nitrogen and oxygen atoms in total. The number of aliphatic hydroxyl groups excluding tert-OH is 1. The van der Waals surface area contributed by atoms with Crippen LogP contribution < -0.4 is 5.32 Å². The Labute approximate surface area is 110 Å². The Morgan fingerprint density at radius 2 is 2.37 bits per heavy atom. The molecule has 19 heavy (non-hydrogen) atoms. The van der Waals surface area contributed by atoms with Crippen LogP contribution in [0.15, 0.2) is 24.3 Å². The van der Waals surface area contributed by atoms with Crippen LogP contribution in [-0.4, -0.2) is 44.8 Å². The first kappa shape index (κ1) is 13.2. The molecule has 1 unspecified atom stereocenters. The van der Waals surface area contributed by atoms with E-state index in [1.165, 1.54) is 0 Å². The lowest BCUT2D eigenvalue weighted by molar-refractivity contribution is 0.0942. The van der Waals surface area contributed by atoms with Gasteiger partial charge in [0.15, 0.2) is 0 Å². The quantitative estimate of drug-likeness (QED) is 0.714. The van der Waals surface area contributed by atoms with E-state index in [0.29, 0.717) is 17.9 Å². The van der Waals surface area contributed by atoms with E-state index in [4.69, 9.17) is 5.11 Å². The fourth-order valence-corrected chi connectivity index (χ4v) is 1.52. The average Bonchev–Trinajstić information content (AvgIpc) is 2.98. The minimum atomic E-state index is -0.189. The number of hydrogen-bond acceptors (Lipinski definition) is 5. The zero-order valence-electron chi connectivity index (χ0n) is 10.5. The highest BCUT2D eigenvalue weighted by atomic mass is 16.3. The van der Waals surface area contributed by atoms with E-state index in [-0.39, 0.29) is 18.4 Å². The highest BCUT2D eigenvalue weighted by Gasteiger charge is 2.10. The fraction of sp³-hybridized carbons (Fsp3) is 0.333. The lowest BCUT2D eigenvalue weighted by Crippen LogP contribution is -2.29. The van der Waals surface area contributed by atoms with E-state index in [0.717, 1.165) is 5.56 Å². The van der Waals surface area contributed by atoms with Crippen molar-refractivity contribution in [1.29, 1.82) is 0 Å². The summed E-state index contributed by atoms with van der Waals surface area (Å²) in [5.74, 6) is 0.286. The molecule has 1 aromatic heterocycles. The van der Waals surface area contributed by atoms with Crippen molar-refractivity contribution in [3.63, 3.8) is 0 Å². The van der Waals surface area contributed by atoms with E-state index in [2.05, 4.69) is 25.9 Å². The first-order valence-electron chi connectivity index (χ1n) is 5.93. The van der Waals surface area contributed by atoms with Crippen LogP contribution in [0.3, 0.4) is 0 Å². The Morgan fingerprint density at radius 3 is 3.05 bits per heavy atom. The largest absolute Gasteiger partial charge is 0.396 e. The summed E-state index contributed by atoms with van der Waals surface area (Å²) in [6.07, 6.45) is 0. The molecule has 3 N–H and O–H groups in total. The van der Waals surface area contributed by atoms with Crippen LogP contribution in [0, 0.1) is 5.92 Å². The van der Waals surface area contributed by atoms with Gasteiger partial charge in [0.25, 0.3) is 5.91 Å². The smallest absolute Gasteiger partial charge is 0.251 e. The summed E-state index contributed by atoms with van der Waals surface area (Å²) < 4.78 is 0. The Morgan fingerprint density at radius 1 is 1.53 bits per heavy atom. The zero-order chi connectivity index (χ0) is 13.7. The number of carbonyl (C=O) groups is 1. The molecule has 2 aromatic rings. The van der Waals surface area contributed by atoms with Gasteiger partial charge in [0.1, 0.15) is 0 Å². The van der Waals surface area contributed by atoms with Gasteiger partial charge in [-0.05, 0) is 23.3 Å². The maximum Gasteiger partial charge on any atom is 0.251 e. The van der Waals surface area contributed by atoms with Gasteiger partial charge in [-0.2, -0.15) is 5.21 Å². The fourth-order valence-electron chi connectivity index (χ4n) is 1.52. The van der Waals surface area contributed by atoms with Gasteiger partial charge in [-0.15, -0.1) is 10.2 Å². The summed E-state index contributed by atoms with van der Waals surface area (Å²) in [5.41, 5.74) is 1.24. The summed E-state index contributed by atoms with van der Waals surface area (Å²) in [5, 5.41) is 25.2. The second-order valence-electron chi connectivity index (χ2n) is 4.31. The number of amides is 1. The Hall–Kier alpha value is -2.28. The molecule has 2 rings (SSSR count). The number of H-pyrrole nitrogens is 1. The number of aromatic nitrogens is 4. The number of nitrogens with zero attached hydrogens (tertiary/aromatic N) is 3. The molecule has 0 aliphatic rings. The van der Waals surface area contributed by atoms with E-state index in [1.807, 2.05) is 6.92 Å². The molecule has 0 fully saturated rings. The lowest BCUT2D eigenvalue weighted by atomic mass is 10.1. The second-order valence-corrected chi connectivity index (χ2v) is 4.31. The van der Waals surface area contributed by atoms with Crippen molar-refractivity contribution in [3.8, 4) is 11.4 Å². The van der Waals surface area contributed by atoms with Crippen LogP contribution in [-0.2, 0) is 0 Å². The SMILES string of the molecule is CC(CO)CNC(=O)c1cccc(-c2nn[nH]n2)c1. The summed E-state index contributed by atoms with van der Waals surface area (Å²) in [4.78, 5) is 11.9. The maximum atomic E-state index is 11.9. The summed E-state index contributed by atoms with van der Waals surface area (Å²) >= 11 is 0. The molecular formula is C12H15N5O2. The number of hydrogen-bond donors (Lipinski definition) is 3. The molecule has 7 heteroatoms. The van der Waals surface area contributed by atoms with Crippen LogP contribution in [0.1, 0.15) is 17.3 Å². The number of aromatic amines is 1. The Kier molecular flexibility index (Phi) is 4.19. The monoisotopic (exact) mass is 261 g/mol. The van der Waals surface area contributed by atoms with E-state index < -0.39 is 0 Å². The van der Waals surface area contributed by atoms with Crippen molar-refractivity contribution in [2.24, 2.45) is 5.92 Å². The van der Waals surface area contributed by atoms with Gasteiger partial charge >= 0.3 is 0 Å². The predicted molar refractivity (Wildman–Crippen MR) is 68.2 cm³/mol. The van der Waals surface area contributed by atoms with Crippen LogP contribution in [0.4, 0.5) is 0 Å². The molecular weight excluding hydrogens is 246 g/mol. The molecule has 0 aliphatic carbocycles. The number of aliphatic hydroxyl groups is 1. The van der Waals surface area contributed by atoms with Crippen LogP contribution >= 0.6 is 0 Å². The van der Waals surface area contributed by atoms with Crippen molar-refractivity contribution < 1.29 is 9.90 Å². The molecule has 0 saturated heterocycles. The van der Waals surface area contributed by atoms with Gasteiger partial charge in [-0.3, -0.25) is 4.79 Å². The van der Waals surface area contributed by atoms with Gasteiger partial charge in [-0.1, -0.05) is 19.1 Å². The Balaban J connectivity index is 2.08. The van der Waals surface area contributed by atoms with Gasteiger partial charge in [-0.25, -0.2) is 0 Å². The summed E-state index contributed by atoms with van der Waals surface area (Å²) in [7, 11) is 0. The number of carbonyl (C=O) groups excluding carboxylic acids is 1. The number of rotatable bonds is 5. The molecule has 1 atom stereocenters. The molecule has 0 bridgehead atoms. The Bertz CT molecular complexity index is 541.